The molecule has 0 saturated heterocycles. The third-order valence-electron chi connectivity index (χ3n) is 0. The summed E-state index contributed by atoms with van der Waals surface area (Å²) in [6.07, 6.45) is 0. The molecule has 0 aromatic heterocycles. The van der Waals surface area contributed by atoms with E-state index < -0.39 is 0 Å². The fraction of sp³-hybridized carbons (Fsp3) is 0. The van der Waals surface area contributed by atoms with Crippen molar-refractivity contribution in [2.45, 2.75) is 0 Å². The number of hydrogen-bond donors (Lipinski definition) is 0. The van der Waals surface area contributed by atoms with E-state index in [0.29, 0.717) is 0 Å². The summed E-state index contributed by atoms with van der Waals surface area (Å²) < 4.78 is 0. The van der Waals surface area contributed by atoms with Crippen LogP contribution in [-0.2, 0) is 0 Å². The minimum Gasteiger partial charge on any atom is 0 e. The molecule has 0 atom stereocenters. The van der Waals surface area contributed by atoms with Gasteiger partial charge in [0.2, 0.25) is 0 Å². The van der Waals surface area contributed by atoms with Gasteiger partial charge in [0, 0.05) is 48.9 Å². The van der Waals surface area contributed by atoms with E-state index in [2.05, 4.69) is 13.0 Å². The summed E-state index contributed by atoms with van der Waals surface area (Å²) in [5.74, 6) is 0. The molecule has 4 heteroatoms. The molecular weight excluding hydrogens is 527 g/mol. The Balaban J connectivity index is -0.00000000500. The summed E-state index contributed by atoms with van der Waals surface area (Å²) in [5.41, 5.74) is 0. The Bertz CT molecular complexity index is 6.00. The second kappa shape index (κ2) is 16.5. The van der Waals surface area contributed by atoms with Crippen molar-refractivity contribution in [2.24, 2.45) is 0 Å². The Morgan fingerprint density at radius 2 is 1.00 bits per heavy atom. The smallest absolute Gasteiger partial charge is 0 e. The van der Waals surface area contributed by atoms with Crippen LogP contribution >= 0.6 is 0 Å². The molecule has 0 nitrogen and oxygen atoms in total. The average molecular weight is 527 g/mol. The molecule has 0 bridgehead atoms. The molecule has 0 aliphatic rings. The molecular formula is AsBiSb2. The normalized spacial score (nSPS) is 1.50. The van der Waals surface area contributed by atoms with E-state index in [0.717, 1.165) is 0 Å². The Hall–Kier alpha value is 3.08. The molecule has 0 heterocycles. The SMILES string of the molecule is [As][Bi].[Sb].[Sb]. The van der Waals surface area contributed by atoms with Gasteiger partial charge in [-0.25, -0.2) is 0 Å². The average Bonchev–Trinajstić information content (AvgIpc) is 1.00. The first-order chi connectivity index (χ1) is 1.00. The molecule has 4 heavy (non-hydrogen) atoms. The van der Waals surface area contributed by atoms with Gasteiger partial charge in [0.05, 0.1) is 0 Å². The van der Waals surface area contributed by atoms with E-state index in [4.69, 9.17) is 0 Å². The van der Waals surface area contributed by atoms with Gasteiger partial charge in [-0.2, -0.15) is 0 Å². The Labute approximate surface area is 82.2 Å². The zero-order valence-electron chi connectivity index (χ0n) is 1.79. The van der Waals surface area contributed by atoms with Crippen molar-refractivity contribution < 1.29 is 0 Å². The van der Waals surface area contributed by atoms with Gasteiger partial charge < -0.3 is 0 Å². The second-order valence-corrected chi connectivity index (χ2v) is 0. The molecule has 0 rings (SSSR count). The molecule has 0 spiro atoms. The number of rotatable bonds is 0. The molecule has 0 unspecified atom stereocenters. The predicted molar refractivity (Wildman–Crippen MR) is 23.0 cm³/mol. The van der Waals surface area contributed by atoms with Crippen molar-refractivity contribution in [3.8, 4) is 0 Å². The van der Waals surface area contributed by atoms with Crippen molar-refractivity contribution >= 4 is 84.0 Å². The van der Waals surface area contributed by atoms with Crippen LogP contribution in [0.3, 0.4) is 0 Å². The minimum absolute atomic E-state index is 0. The van der Waals surface area contributed by atoms with Crippen molar-refractivity contribution in [1.82, 2.24) is 0 Å². The van der Waals surface area contributed by atoms with Crippen LogP contribution in [0.4, 0.5) is 0 Å². The topological polar surface area (TPSA) is 0 Å². The van der Waals surface area contributed by atoms with Gasteiger partial charge in [0.1, 0.15) is 0 Å². The van der Waals surface area contributed by atoms with Crippen LogP contribution in [0.15, 0.2) is 0 Å². The third kappa shape index (κ3) is 8.91. The molecule has 10 radical (unpaired) electrons. The van der Waals surface area contributed by atoms with E-state index in [1.807, 2.05) is 0 Å². The minimum atomic E-state index is 0. The van der Waals surface area contributed by atoms with Crippen LogP contribution in [0.2, 0.25) is 0 Å². The molecule has 0 aliphatic carbocycles. The maximum absolute atomic E-state index is 2.42. The molecule has 0 amide bonds. The van der Waals surface area contributed by atoms with Crippen LogP contribution in [-0.4, -0.2) is 84.0 Å². The first-order valence-corrected chi connectivity index (χ1v) is 9.12. The molecule has 0 aromatic carbocycles. The molecule has 0 aliphatic heterocycles. The monoisotopic (exact) mass is 526 g/mol. The van der Waals surface area contributed by atoms with Crippen LogP contribution in [0.1, 0.15) is 0 Å². The van der Waals surface area contributed by atoms with E-state index in [1.165, 1.54) is 22.1 Å². The van der Waals surface area contributed by atoms with Crippen molar-refractivity contribution in [3.05, 3.63) is 0 Å². The number of hydrogen-bond acceptors (Lipinski definition) is 0. The maximum atomic E-state index is 2.42. The second-order valence-electron chi connectivity index (χ2n) is 0. The molecule has 20 valence electrons. The Morgan fingerprint density at radius 3 is 1.00 bits per heavy atom. The standard InChI is InChI=1S/As.Bi.2Sb. The van der Waals surface area contributed by atoms with Gasteiger partial charge in [-0.15, -0.1) is 0 Å². The van der Waals surface area contributed by atoms with Crippen molar-refractivity contribution in [1.29, 1.82) is 0 Å². The first kappa shape index (κ1) is 15.7. The van der Waals surface area contributed by atoms with Gasteiger partial charge in [-0.05, 0) is 0 Å². The summed E-state index contributed by atoms with van der Waals surface area (Å²) in [4.78, 5) is 0. The summed E-state index contributed by atoms with van der Waals surface area (Å²) in [7, 11) is 0. The van der Waals surface area contributed by atoms with Gasteiger partial charge in [-0.1, -0.05) is 0 Å². The molecule has 0 N–H and O–H groups in total. The van der Waals surface area contributed by atoms with Gasteiger partial charge >= 0.3 is 35.1 Å². The Morgan fingerprint density at radius 1 is 1.00 bits per heavy atom. The zero-order chi connectivity index (χ0) is 2.00. The fourth-order valence-corrected chi connectivity index (χ4v) is 0. The molecule has 0 saturated carbocycles. The largest absolute Gasteiger partial charge is 0 e. The van der Waals surface area contributed by atoms with Gasteiger partial charge in [0.25, 0.3) is 0 Å². The van der Waals surface area contributed by atoms with Crippen molar-refractivity contribution in [3.63, 3.8) is 0 Å². The predicted octanol–water partition coefficient (Wildman–Crippen LogP) is -1.52. The molecule has 0 aromatic rings. The fourth-order valence-electron chi connectivity index (χ4n) is 0. The summed E-state index contributed by atoms with van der Waals surface area (Å²) >= 11 is 3.81. The van der Waals surface area contributed by atoms with Crippen molar-refractivity contribution in [2.75, 3.05) is 0 Å². The van der Waals surface area contributed by atoms with Crippen LogP contribution in [0, 0.1) is 0 Å². The quantitative estimate of drug-likeness (QED) is 0.336. The van der Waals surface area contributed by atoms with Crippen LogP contribution in [0.25, 0.3) is 0 Å². The summed E-state index contributed by atoms with van der Waals surface area (Å²) in [5, 5.41) is 0. The van der Waals surface area contributed by atoms with E-state index in [-0.39, 0.29) is 48.9 Å². The summed E-state index contributed by atoms with van der Waals surface area (Å²) in [6, 6.07) is 0. The third-order valence-corrected chi connectivity index (χ3v) is 0. The zero-order valence-corrected chi connectivity index (χ0v) is 12.2. The van der Waals surface area contributed by atoms with Crippen LogP contribution in [0.5, 0.6) is 0 Å². The maximum Gasteiger partial charge on any atom is 0 e. The van der Waals surface area contributed by atoms with E-state index in [9.17, 15) is 0 Å². The molecule has 0 fully saturated rings. The van der Waals surface area contributed by atoms with Gasteiger partial charge in [0.15, 0.2) is 0 Å². The van der Waals surface area contributed by atoms with Gasteiger partial charge in [-0.3, -0.25) is 0 Å². The van der Waals surface area contributed by atoms with E-state index >= 15 is 0 Å². The Kier molecular flexibility index (Phi) is 65.0. The first-order valence-electron chi connectivity index (χ1n) is 0.200. The van der Waals surface area contributed by atoms with E-state index in [1.54, 1.807) is 0 Å². The summed E-state index contributed by atoms with van der Waals surface area (Å²) in [6.45, 7) is 0. The van der Waals surface area contributed by atoms with Crippen LogP contribution < -0.4 is 0 Å².